The number of nitrogens with zero attached hydrogens (tertiary/aromatic N) is 1. The number of nitrogen functional groups attached to an aromatic ring is 1. The maximum Gasteiger partial charge on any atom is 0.412 e. The van der Waals surface area contributed by atoms with Crippen LogP contribution in [-0.2, 0) is 4.74 Å². The Morgan fingerprint density at radius 2 is 2.14 bits per heavy atom. The van der Waals surface area contributed by atoms with Gasteiger partial charge in [0.25, 0.3) is 0 Å². The van der Waals surface area contributed by atoms with Crippen LogP contribution < -0.4 is 11.1 Å². The van der Waals surface area contributed by atoms with Crippen LogP contribution in [0.2, 0.25) is 5.02 Å². The molecule has 0 spiro atoms. The number of H-pyrrole nitrogens is 1. The van der Waals surface area contributed by atoms with Crippen LogP contribution in [0.15, 0.2) is 24.4 Å². The zero-order chi connectivity index (χ0) is 15.6. The van der Waals surface area contributed by atoms with Gasteiger partial charge in [0, 0.05) is 10.6 Å². The first-order chi connectivity index (χ1) is 9.76. The molecule has 0 aliphatic heterocycles. The van der Waals surface area contributed by atoms with Crippen molar-refractivity contribution in [3.05, 3.63) is 29.4 Å². The first-order valence-electron chi connectivity index (χ1n) is 6.35. The molecular weight excluding hydrogens is 292 g/mol. The summed E-state index contributed by atoms with van der Waals surface area (Å²) in [6.07, 6.45) is 0.936. The lowest BCUT2D eigenvalue weighted by Gasteiger charge is -2.20. The van der Waals surface area contributed by atoms with Gasteiger partial charge in [-0.1, -0.05) is 11.6 Å². The predicted octanol–water partition coefficient (Wildman–Crippen LogP) is 3.66. The van der Waals surface area contributed by atoms with Crippen LogP contribution in [0.3, 0.4) is 0 Å². The van der Waals surface area contributed by atoms with E-state index in [0.29, 0.717) is 27.7 Å². The summed E-state index contributed by atoms with van der Waals surface area (Å²) < 4.78 is 5.23. The summed E-state index contributed by atoms with van der Waals surface area (Å²) in [7, 11) is 0. The molecule has 1 aromatic carbocycles. The van der Waals surface area contributed by atoms with Gasteiger partial charge in [0.1, 0.15) is 5.60 Å². The Kier molecular flexibility index (Phi) is 4.09. The molecule has 6 nitrogen and oxygen atoms in total. The Bertz CT molecular complexity index is 661. The Balaban J connectivity index is 2.33. The van der Waals surface area contributed by atoms with E-state index in [1.54, 1.807) is 39.0 Å². The first kappa shape index (κ1) is 15.2. The van der Waals surface area contributed by atoms with Crippen LogP contribution in [0.1, 0.15) is 20.8 Å². The third kappa shape index (κ3) is 3.88. The van der Waals surface area contributed by atoms with Gasteiger partial charge in [-0.25, -0.2) is 4.79 Å². The molecule has 0 aliphatic carbocycles. The van der Waals surface area contributed by atoms with Crippen molar-refractivity contribution < 1.29 is 9.53 Å². The molecule has 21 heavy (non-hydrogen) atoms. The number of aromatic amines is 1. The minimum Gasteiger partial charge on any atom is -0.444 e. The topological polar surface area (TPSA) is 93.0 Å². The Morgan fingerprint density at radius 3 is 2.71 bits per heavy atom. The van der Waals surface area contributed by atoms with E-state index in [1.807, 2.05) is 0 Å². The maximum absolute atomic E-state index is 11.9. The lowest BCUT2D eigenvalue weighted by molar-refractivity contribution is 0.0636. The van der Waals surface area contributed by atoms with Crippen LogP contribution >= 0.6 is 11.6 Å². The molecule has 0 bridgehead atoms. The summed E-state index contributed by atoms with van der Waals surface area (Å²) in [5, 5.41) is 9.83. The van der Waals surface area contributed by atoms with Gasteiger partial charge in [0.15, 0.2) is 0 Å². The number of hydrogen-bond acceptors (Lipinski definition) is 4. The van der Waals surface area contributed by atoms with Gasteiger partial charge in [-0.15, -0.1) is 0 Å². The van der Waals surface area contributed by atoms with Crippen LogP contribution in [0.25, 0.3) is 11.3 Å². The highest BCUT2D eigenvalue weighted by Crippen LogP contribution is 2.32. The summed E-state index contributed by atoms with van der Waals surface area (Å²) in [5.74, 6) is 0. The second-order valence-electron chi connectivity index (χ2n) is 5.52. The summed E-state index contributed by atoms with van der Waals surface area (Å²) in [4.78, 5) is 11.9. The van der Waals surface area contributed by atoms with Crippen molar-refractivity contribution in [1.82, 2.24) is 10.2 Å². The smallest absolute Gasteiger partial charge is 0.412 e. The second-order valence-corrected chi connectivity index (χ2v) is 5.95. The minimum atomic E-state index is -0.587. The number of aromatic nitrogens is 2. The zero-order valence-electron chi connectivity index (χ0n) is 12.0. The maximum atomic E-state index is 11.9. The number of nitrogens with one attached hydrogen (secondary N) is 2. The molecule has 4 N–H and O–H groups in total. The van der Waals surface area contributed by atoms with Crippen molar-refractivity contribution in [2.45, 2.75) is 26.4 Å². The van der Waals surface area contributed by atoms with Gasteiger partial charge < -0.3 is 10.5 Å². The Labute approximate surface area is 127 Å². The second kappa shape index (κ2) is 5.65. The van der Waals surface area contributed by atoms with Crippen molar-refractivity contribution in [2.24, 2.45) is 0 Å². The van der Waals surface area contributed by atoms with Crippen molar-refractivity contribution >= 4 is 29.1 Å². The highest BCUT2D eigenvalue weighted by atomic mass is 35.5. The van der Waals surface area contributed by atoms with Crippen molar-refractivity contribution in [2.75, 3.05) is 11.1 Å². The number of rotatable bonds is 2. The van der Waals surface area contributed by atoms with Crippen LogP contribution in [0, 0.1) is 0 Å². The number of halogens is 1. The van der Waals surface area contributed by atoms with Gasteiger partial charge in [-0.05, 0) is 39.0 Å². The Hall–Kier alpha value is -2.21. The third-order valence-electron chi connectivity index (χ3n) is 2.56. The highest BCUT2D eigenvalue weighted by molar-refractivity contribution is 6.31. The van der Waals surface area contributed by atoms with E-state index in [-0.39, 0.29) is 0 Å². The molecular formula is C14H17ClN4O2. The van der Waals surface area contributed by atoms with E-state index in [9.17, 15) is 4.79 Å². The normalized spacial score (nSPS) is 11.2. The molecule has 112 valence electrons. The Morgan fingerprint density at radius 1 is 1.43 bits per heavy atom. The number of carbonyl (C=O) groups is 1. The summed E-state index contributed by atoms with van der Waals surface area (Å²) in [6.45, 7) is 5.37. The summed E-state index contributed by atoms with van der Waals surface area (Å²) >= 11 is 5.99. The predicted molar refractivity (Wildman–Crippen MR) is 83.3 cm³/mol. The van der Waals surface area contributed by atoms with E-state index in [4.69, 9.17) is 22.1 Å². The van der Waals surface area contributed by atoms with Gasteiger partial charge >= 0.3 is 6.09 Å². The molecule has 0 aliphatic rings. The van der Waals surface area contributed by atoms with Gasteiger partial charge in [-0.2, -0.15) is 5.10 Å². The molecule has 0 unspecified atom stereocenters. The largest absolute Gasteiger partial charge is 0.444 e. The molecule has 0 radical (unpaired) electrons. The van der Waals surface area contributed by atoms with E-state index in [1.165, 1.54) is 6.20 Å². The summed E-state index contributed by atoms with van der Waals surface area (Å²) in [6, 6.07) is 5.08. The van der Waals surface area contributed by atoms with Gasteiger partial charge in [0.2, 0.25) is 0 Å². The number of ether oxygens (including phenoxy) is 1. The van der Waals surface area contributed by atoms with E-state index >= 15 is 0 Å². The lowest BCUT2D eigenvalue weighted by atomic mass is 10.1. The number of nitrogens with two attached hydrogens (primary N) is 1. The fourth-order valence-electron chi connectivity index (χ4n) is 1.76. The molecule has 2 aromatic rings. The molecule has 0 atom stereocenters. The molecule has 0 saturated carbocycles. The van der Waals surface area contributed by atoms with Crippen molar-refractivity contribution in [1.29, 1.82) is 0 Å². The number of amides is 1. The van der Waals surface area contributed by atoms with E-state index < -0.39 is 11.7 Å². The third-order valence-corrected chi connectivity index (χ3v) is 2.79. The highest BCUT2D eigenvalue weighted by Gasteiger charge is 2.18. The fraction of sp³-hybridized carbons (Fsp3) is 0.286. The van der Waals surface area contributed by atoms with E-state index in [2.05, 4.69) is 15.5 Å². The van der Waals surface area contributed by atoms with Crippen LogP contribution in [-0.4, -0.2) is 21.9 Å². The monoisotopic (exact) mass is 308 g/mol. The van der Waals surface area contributed by atoms with Crippen LogP contribution in [0.5, 0.6) is 0 Å². The molecule has 1 amide bonds. The lowest BCUT2D eigenvalue weighted by Crippen LogP contribution is -2.27. The number of carbonyl (C=O) groups excluding carboxylic acids is 1. The first-order valence-corrected chi connectivity index (χ1v) is 6.73. The number of hydrogen-bond donors (Lipinski definition) is 3. The average Bonchev–Trinajstić information content (AvgIpc) is 2.73. The molecule has 7 heteroatoms. The van der Waals surface area contributed by atoms with E-state index in [0.717, 1.165) is 0 Å². The van der Waals surface area contributed by atoms with Crippen molar-refractivity contribution in [3.63, 3.8) is 0 Å². The van der Waals surface area contributed by atoms with Crippen LogP contribution in [0.4, 0.5) is 16.2 Å². The molecule has 0 saturated heterocycles. The molecule has 2 rings (SSSR count). The summed E-state index contributed by atoms with van der Waals surface area (Å²) in [5.41, 5.74) is 7.51. The van der Waals surface area contributed by atoms with Gasteiger partial charge in [-0.3, -0.25) is 10.4 Å². The SMILES string of the molecule is CC(C)(C)OC(=O)Nc1cc(Cl)ccc1-c1[nH]ncc1N. The van der Waals surface area contributed by atoms with Crippen molar-refractivity contribution in [3.8, 4) is 11.3 Å². The fourth-order valence-corrected chi connectivity index (χ4v) is 1.93. The molecule has 1 heterocycles. The zero-order valence-corrected chi connectivity index (χ0v) is 12.8. The van der Waals surface area contributed by atoms with Gasteiger partial charge in [0.05, 0.1) is 23.3 Å². The molecule has 0 fully saturated rings. The quantitative estimate of drug-likeness (QED) is 0.789. The minimum absolute atomic E-state index is 0.476. The number of benzene rings is 1. The standard InChI is InChI=1S/C14H17ClN4O2/c1-14(2,3)21-13(20)18-11-6-8(15)4-5-9(11)12-10(16)7-17-19-12/h4-7H,16H2,1-3H3,(H,17,19)(H,18,20). The number of anilines is 2. The molecule has 1 aromatic heterocycles. The average molecular weight is 309 g/mol.